The molecule has 1 unspecified atom stereocenters. The van der Waals surface area contributed by atoms with Gasteiger partial charge in [-0.1, -0.05) is 29.8 Å². The number of halogens is 1. The summed E-state index contributed by atoms with van der Waals surface area (Å²) in [7, 11) is 0. The predicted octanol–water partition coefficient (Wildman–Crippen LogP) is 2.57. The largest absolute Gasteiger partial charge is 0.384 e. The van der Waals surface area contributed by atoms with Crippen LogP contribution in [0.15, 0.2) is 24.3 Å². The molecule has 1 aromatic carbocycles. The summed E-state index contributed by atoms with van der Waals surface area (Å²) in [5.74, 6) is 2.43. The lowest BCUT2D eigenvalue weighted by molar-refractivity contribution is 0.0631. The first-order valence-electron chi connectivity index (χ1n) is 3.99. The highest BCUT2D eigenvalue weighted by molar-refractivity contribution is 6.31. The molecule has 1 atom stereocenters. The topological polar surface area (TPSA) is 20.2 Å². The van der Waals surface area contributed by atoms with Crippen LogP contribution in [0.1, 0.15) is 18.9 Å². The van der Waals surface area contributed by atoms with E-state index in [1.54, 1.807) is 19.1 Å². The molecule has 0 aromatic heterocycles. The number of terminal acetylenes is 1. The Hall–Kier alpha value is -0.970. The van der Waals surface area contributed by atoms with Crippen molar-refractivity contribution in [2.24, 2.45) is 0 Å². The highest BCUT2D eigenvalue weighted by atomic mass is 35.5. The minimum absolute atomic E-state index is 0.261. The first-order valence-corrected chi connectivity index (χ1v) is 4.36. The quantitative estimate of drug-likeness (QED) is 0.718. The lowest BCUT2D eigenvalue weighted by Crippen LogP contribution is -2.20. The molecule has 0 fully saturated rings. The van der Waals surface area contributed by atoms with Crippen molar-refractivity contribution < 1.29 is 5.11 Å². The van der Waals surface area contributed by atoms with Crippen molar-refractivity contribution in [1.29, 1.82) is 0 Å². The van der Waals surface area contributed by atoms with Crippen LogP contribution in [0, 0.1) is 12.3 Å². The fraction of sp³-hybridized carbons (Fsp3) is 0.273. The third kappa shape index (κ3) is 2.24. The van der Waals surface area contributed by atoms with Gasteiger partial charge in [-0.2, -0.15) is 0 Å². The molecule has 0 aliphatic rings. The van der Waals surface area contributed by atoms with Crippen molar-refractivity contribution >= 4 is 11.6 Å². The Labute approximate surface area is 83.4 Å². The van der Waals surface area contributed by atoms with E-state index >= 15 is 0 Å². The van der Waals surface area contributed by atoms with E-state index in [0.717, 1.165) is 0 Å². The summed E-state index contributed by atoms with van der Waals surface area (Å²) in [6.45, 7) is 1.66. The van der Waals surface area contributed by atoms with Crippen LogP contribution in [0.3, 0.4) is 0 Å². The molecule has 68 valence electrons. The normalized spacial score (nSPS) is 14.6. The number of rotatable bonds is 2. The second kappa shape index (κ2) is 3.83. The minimum Gasteiger partial charge on any atom is -0.384 e. The van der Waals surface area contributed by atoms with Crippen molar-refractivity contribution in [3.63, 3.8) is 0 Å². The monoisotopic (exact) mass is 194 g/mol. The third-order valence-electron chi connectivity index (χ3n) is 1.90. The number of hydrogen-bond acceptors (Lipinski definition) is 1. The Kier molecular flexibility index (Phi) is 2.98. The number of aliphatic hydroxyl groups is 1. The molecule has 1 aromatic rings. The van der Waals surface area contributed by atoms with Gasteiger partial charge >= 0.3 is 0 Å². The van der Waals surface area contributed by atoms with Gasteiger partial charge in [0.15, 0.2) is 0 Å². The Balaban J connectivity index is 3.08. The molecular formula is C11H11ClO. The van der Waals surface area contributed by atoms with E-state index in [1.165, 1.54) is 0 Å². The molecule has 0 radical (unpaired) electrons. The maximum Gasteiger partial charge on any atom is 0.0991 e. The van der Waals surface area contributed by atoms with Gasteiger partial charge in [-0.3, -0.25) is 0 Å². The maximum absolute atomic E-state index is 9.94. The Morgan fingerprint density at radius 2 is 2.15 bits per heavy atom. The van der Waals surface area contributed by atoms with Crippen LogP contribution in [0.2, 0.25) is 5.02 Å². The average Bonchev–Trinajstić information content (AvgIpc) is 2.04. The van der Waals surface area contributed by atoms with Gasteiger partial charge in [0.1, 0.15) is 0 Å². The van der Waals surface area contributed by atoms with Crippen LogP contribution in [-0.2, 0) is 5.60 Å². The molecule has 13 heavy (non-hydrogen) atoms. The van der Waals surface area contributed by atoms with Gasteiger partial charge < -0.3 is 5.11 Å². The molecule has 0 saturated heterocycles. The van der Waals surface area contributed by atoms with Crippen molar-refractivity contribution in [1.82, 2.24) is 0 Å². The van der Waals surface area contributed by atoms with Crippen LogP contribution >= 0.6 is 11.6 Å². The van der Waals surface area contributed by atoms with Crippen molar-refractivity contribution in [2.75, 3.05) is 0 Å². The zero-order valence-corrected chi connectivity index (χ0v) is 8.17. The van der Waals surface area contributed by atoms with E-state index in [0.29, 0.717) is 10.6 Å². The standard InChI is InChI=1S/C11H11ClO/c1-3-8-11(2,13)9-6-4-5-7-10(9)12/h1,4-7,13H,8H2,2H3. The summed E-state index contributed by atoms with van der Waals surface area (Å²) in [6, 6.07) is 7.16. The van der Waals surface area contributed by atoms with Gasteiger partial charge in [-0.05, 0) is 13.0 Å². The number of hydrogen-bond donors (Lipinski definition) is 1. The van der Waals surface area contributed by atoms with Crippen LogP contribution < -0.4 is 0 Å². The Morgan fingerprint density at radius 3 is 2.69 bits per heavy atom. The summed E-state index contributed by atoms with van der Waals surface area (Å²) >= 11 is 5.92. The van der Waals surface area contributed by atoms with E-state index in [9.17, 15) is 5.11 Å². The molecule has 0 bridgehead atoms. The third-order valence-corrected chi connectivity index (χ3v) is 2.23. The minimum atomic E-state index is -1.03. The summed E-state index contributed by atoms with van der Waals surface area (Å²) in [6.07, 6.45) is 5.41. The second-order valence-electron chi connectivity index (χ2n) is 3.13. The van der Waals surface area contributed by atoms with E-state index in [1.807, 2.05) is 12.1 Å². The lowest BCUT2D eigenvalue weighted by Gasteiger charge is -2.22. The predicted molar refractivity (Wildman–Crippen MR) is 54.5 cm³/mol. The second-order valence-corrected chi connectivity index (χ2v) is 3.54. The zero-order chi connectivity index (χ0) is 9.90. The van der Waals surface area contributed by atoms with E-state index in [2.05, 4.69) is 5.92 Å². The van der Waals surface area contributed by atoms with Crippen molar-refractivity contribution in [2.45, 2.75) is 18.9 Å². The Morgan fingerprint density at radius 1 is 1.54 bits per heavy atom. The SMILES string of the molecule is C#CCC(C)(O)c1ccccc1Cl. The molecule has 2 heteroatoms. The molecule has 0 amide bonds. The first-order chi connectivity index (χ1) is 6.08. The fourth-order valence-corrected chi connectivity index (χ4v) is 1.53. The molecule has 0 aliphatic carbocycles. The zero-order valence-electron chi connectivity index (χ0n) is 7.42. The average molecular weight is 195 g/mol. The van der Waals surface area contributed by atoms with E-state index < -0.39 is 5.60 Å². The molecule has 1 N–H and O–H groups in total. The highest BCUT2D eigenvalue weighted by Gasteiger charge is 2.23. The van der Waals surface area contributed by atoms with Crippen LogP contribution in [0.5, 0.6) is 0 Å². The molecule has 0 aliphatic heterocycles. The molecule has 0 heterocycles. The van der Waals surface area contributed by atoms with Crippen molar-refractivity contribution in [3.8, 4) is 12.3 Å². The molecular weight excluding hydrogens is 184 g/mol. The van der Waals surface area contributed by atoms with Gasteiger partial charge in [0.25, 0.3) is 0 Å². The summed E-state index contributed by atoms with van der Waals surface area (Å²) in [5, 5.41) is 10.5. The molecule has 0 saturated carbocycles. The summed E-state index contributed by atoms with van der Waals surface area (Å²) in [4.78, 5) is 0. The summed E-state index contributed by atoms with van der Waals surface area (Å²) < 4.78 is 0. The molecule has 1 rings (SSSR count). The van der Waals surface area contributed by atoms with Gasteiger partial charge in [0.2, 0.25) is 0 Å². The Bertz CT molecular complexity index is 336. The van der Waals surface area contributed by atoms with E-state index in [4.69, 9.17) is 18.0 Å². The van der Waals surface area contributed by atoms with Gasteiger partial charge in [-0.25, -0.2) is 0 Å². The van der Waals surface area contributed by atoms with Crippen molar-refractivity contribution in [3.05, 3.63) is 34.9 Å². The summed E-state index contributed by atoms with van der Waals surface area (Å²) in [5.41, 5.74) is -0.359. The number of benzene rings is 1. The van der Waals surface area contributed by atoms with Crippen LogP contribution in [0.4, 0.5) is 0 Å². The highest BCUT2D eigenvalue weighted by Crippen LogP contribution is 2.29. The van der Waals surface area contributed by atoms with Crippen LogP contribution in [0.25, 0.3) is 0 Å². The van der Waals surface area contributed by atoms with E-state index in [-0.39, 0.29) is 6.42 Å². The first kappa shape index (κ1) is 10.1. The molecule has 0 spiro atoms. The van der Waals surface area contributed by atoms with Gasteiger partial charge in [-0.15, -0.1) is 12.3 Å². The van der Waals surface area contributed by atoms with Crippen LogP contribution in [-0.4, -0.2) is 5.11 Å². The smallest absolute Gasteiger partial charge is 0.0991 e. The maximum atomic E-state index is 9.94. The fourth-order valence-electron chi connectivity index (χ4n) is 1.19. The lowest BCUT2D eigenvalue weighted by atomic mass is 9.93. The van der Waals surface area contributed by atoms with Gasteiger partial charge in [0, 0.05) is 17.0 Å². The molecule has 1 nitrogen and oxygen atoms in total. The van der Waals surface area contributed by atoms with Gasteiger partial charge in [0.05, 0.1) is 5.60 Å².